The van der Waals surface area contributed by atoms with Crippen molar-refractivity contribution in [3.8, 4) is 5.69 Å². The second-order valence-electron chi connectivity index (χ2n) is 11.0. The molecule has 0 aliphatic carbocycles. The number of para-hydroxylation sites is 1. The molecule has 1 fully saturated rings. The maximum Gasteiger partial charge on any atom is 0.320 e. The van der Waals surface area contributed by atoms with Gasteiger partial charge in [0, 0.05) is 76.5 Å². The molecule has 2 aromatic heterocycles. The lowest BCUT2D eigenvalue weighted by molar-refractivity contribution is 0.159. The van der Waals surface area contributed by atoms with Crippen molar-refractivity contribution in [3.05, 3.63) is 89.2 Å². The lowest BCUT2D eigenvalue weighted by Crippen LogP contribution is -2.42. The number of fused-ring (bicyclic) bond motifs is 1. The monoisotopic (exact) mass is 554 g/mol. The number of benzene rings is 2. The highest BCUT2D eigenvalue weighted by Crippen LogP contribution is 2.33. The Kier molecular flexibility index (Phi) is 7.76. The molecular formula is C31H38N8O2. The van der Waals surface area contributed by atoms with Crippen molar-refractivity contribution in [2.75, 3.05) is 50.1 Å². The Morgan fingerprint density at radius 2 is 1.80 bits per heavy atom. The van der Waals surface area contributed by atoms with Crippen molar-refractivity contribution in [1.82, 2.24) is 29.8 Å². The highest BCUT2D eigenvalue weighted by Gasteiger charge is 2.35. The van der Waals surface area contributed by atoms with Crippen LogP contribution in [0.25, 0.3) is 5.69 Å². The van der Waals surface area contributed by atoms with Gasteiger partial charge in [0.1, 0.15) is 5.82 Å². The van der Waals surface area contributed by atoms with Crippen LogP contribution < -0.4 is 15.5 Å². The Bertz CT molecular complexity index is 1480. The molecule has 0 radical (unpaired) electrons. The van der Waals surface area contributed by atoms with Crippen molar-refractivity contribution in [2.24, 2.45) is 7.05 Å². The van der Waals surface area contributed by atoms with Crippen molar-refractivity contribution in [2.45, 2.75) is 31.8 Å². The summed E-state index contributed by atoms with van der Waals surface area (Å²) in [5.74, 6) is 1.73. The van der Waals surface area contributed by atoms with Gasteiger partial charge in [-0.1, -0.05) is 48.5 Å². The van der Waals surface area contributed by atoms with Crippen molar-refractivity contribution < 1.29 is 9.53 Å². The van der Waals surface area contributed by atoms with Crippen LogP contribution >= 0.6 is 0 Å². The van der Waals surface area contributed by atoms with Gasteiger partial charge < -0.3 is 15.0 Å². The molecule has 2 aromatic carbocycles. The van der Waals surface area contributed by atoms with Crippen LogP contribution in [0.15, 0.2) is 66.9 Å². The number of urea groups is 1. The molecule has 2 atom stereocenters. The number of methoxy groups -OCH3 is 1. The van der Waals surface area contributed by atoms with Gasteiger partial charge in [0.2, 0.25) is 0 Å². The van der Waals surface area contributed by atoms with E-state index in [1.54, 1.807) is 7.11 Å². The standard InChI is InChI=1S/C31H38N8O2/c1-22-29(33-31(40)32-28-21-37(16-17-41-3)20-26(28)23-10-6-4-7-11-23)39(25-12-8-5-9-13-25)35-30(22)38-15-14-27-24(19-38)18-36(2)34-27/h4-13,18,26,28H,14-17,19-21H2,1-3H3,(H2,32,33,40)/t26-,28+/m0/s1. The molecule has 4 heterocycles. The molecule has 2 N–H and O–H groups in total. The third-order valence-electron chi connectivity index (χ3n) is 8.15. The number of rotatable bonds is 8. The van der Waals surface area contributed by atoms with E-state index in [9.17, 15) is 4.79 Å². The number of hydrogen-bond donors (Lipinski definition) is 2. The van der Waals surface area contributed by atoms with Gasteiger partial charge in [-0.05, 0) is 24.6 Å². The number of amides is 2. The molecule has 10 nitrogen and oxygen atoms in total. The number of likely N-dealkylation sites (tertiary alicyclic amines) is 1. The Balaban J connectivity index is 1.25. The number of aromatic nitrogens is 4. The molecule has 0 unspecified atom stereocenters. The van der Waals surface area contributed by atoms with Gasteiger partial charge in [-0.3, -0.25) is 14.9 Å². The highest BCUT2D eigenvalue weighted by atomic mass is 16.5. The van der Waals surface area contributed by atoms with E-state index in [1.165, 1.54) is 11.1 Å². The quantitative estimate of drug-likeness (QED) is 0.345. The molecule has 0 bridgehead atoms. The first kappa shape index (κ1) is 27.0. The molecule has 2 aliphatic heterocycles. The zero-order valence-corrected chi connectivity index (χ0v) is 24.0. The molecule has 4 aromatic rings. The predicted octanol–water partition coefficient (Wildman–Crippen LogP) is 3.71. The summed E-state index contributed by atoms with van der Waals surface area (Å²) in [7, 11) is 3.68. The van der Waals surface area contributed by atoms with E-state index >= 15 is 0 Å². The molecule has 0 spiro atoms. The van der Waals surface area contributed by atoms with Crippen LogP contribution in [-0.4, -0.2) is 76.4 Å². The fourth-order valence-corrected chi connectivity index (χ4v) is 6.10. The number of anilines is 2. The van der Waals surface area contributed by atoms with Crippen LogP contribution in [0.1, 0.15) is 28.3 Å². The van der Waals surface area contributed by atoms with E-state index in [1.807, 2.05) is 59.7 Å². The van der Waals surface area contributed by atoms with Crippen LogP contribution in [0.5, 0.6) is 0 Å². The minimum absolute atomic E-state index is 0.0341. The normalized spacial score (nSPS) is 18.9. The van der Waals surface area contributed by atoms with E-state index in [0.717, 1.165) is 61.9 Å². The third kappa shape index (κ3) is 5.71. The summed E-state index contributed by atoms with van der Waals surface area (Å²) in [5, 5.41) is 16.1. The number of nitrogens with zero attached hydrogens (tertiary/aromatic N) is 6. The van der Waals surface area contributed by atoms with Crippen LogP contribution in [-0.2, 0) is 24.8 Å². The van der Waals surface area contributed by atoms with Crippen molar-refractivity contribution in [3.63, 3.8) is 0 Å². The number of nitrogens with one attached hydrogen (secondary N) is 2. The number of carbonyl (C=O) groups is 1. The predicted molar refractivity (Wildman–Crippen MR) is 160 cm³/mol. The molecule has 214 valence electrons. The second-order valence-corrected chi connectivity index (χ2v) is 11.0. The molecule has 6 rings (SSSR count). The Hall–Kier alpha value is -4.15. The fourth-order valence-electron chi connectivity index (χ4n) is 6.10. The zero-order chi connectivity index (χ0) is 28.3. The van der Waals surface area contributed by atoms with E-state index < -0.39 is 0 Å². The van der Waals surface area contributed by atoms with Gasteiger partial charge in [-0.2, -0.15) is 5.10 Å². The van der Waals surface area contributed by atoms with E-state index in [4.69, 9.17) is 9.84 Å². The average Bonchev–Trinajstić information content (AvgIpc) is 3.66. The van der Waals surface area contributed by atoms with Crippen molar-refractivity contribution in [1.29, 1.82) is 0 Å². The maximum atomic E-state index is 13.6. The van der Waals surface area contributed by atoms with E-state index in [2.05, 4.69) is 56.0 Å². The fraction of sp³-hybridized carbons (Fsp3) is 0.387. The van der Waals surface area contributed by atoms with Gasteiger partial charge in [0.15, 0.2) is 5.82 Å². The first-order chi connectivity index (χ1) is 20.0. The summed E-state index contributed by atoms with van der Waals surface area (Å²) < 4.78 is 9.04. The number of hydrogen-bond acceptors (Lipinski definition) is 6. The number of aryl methyl sites for hydroxylation is 1. The minimum Gasteiger partial charge on any atom is -0.383 e. The summed E-state index contributed by atoms with van der Waals surface area (Å²) >= 11 is 0. The molecule has 2 aliphatic rings. The Morgan fingerprint density at radius 1 is 1.05 bits per heavy atom. The first-order valence-corrected chi connectivity index (χ1v) is 14.2. The molecule has 10 heteroatoms. The SMILES string of the molecule is COCCN1C[C@@H](NC(=O)Nc2c(C)c(N3CCc4nn(C)cc4C3)nn2-c2ccccc2)[C@H](c2ccccc2)C1. The lowest BCUT2D eigenvalue weighted by atomic mass is 9.94. The lowest BCUT2D eigenvalue weighted by Gasteiger charge is -2.26. The van der Waals surface area contributed by atoms with Gasteiger partial charge in [-0.15, -0.1) is 5.10 Å². The van der Waals surface area contributed by atoms with E-state index in [0.29, 0.717) is 12.4 Å². The van der Waals surface area contributed by atoms with Gasteiger partial charge in [0.25, 0.3) is 0 Å². The topological polar surface area (TPSA) is 92.5 Å². The molecular weight excluding hydrogens is 516 g/mol. The summed E-state index contributed by atoms with van der Waals surface area (Å²) in [4.78, 5) is 18.3. The smallest absolute Gasteiger partial charge is 0.320 e. The molecule has 2 amide bonds. The van der Waals surface area contributed by atoms with Crippen LogP contribution in [0.3, 0.4) is 0 Å². The number of carbonyl (C=O) groups excluding carboxylic acids is 1. The third-order valence-corrected chi connectivity index (χ3v) is 8.15. The summed E-state index contributed by atoms with van der Waals surface area (Å²) in [6, 6.07) is 20.1. The van der Waals surface area contributed by atoms with Crippen LogP contribution in [0.2, 0.25) is 0 Å². The number of ether oxygens (including phenoxy) is 1. The largest absolute Gasteiger partial charge is 0.383 e. The summed E-state index contributed by atoms with van der Waals surface area (Å²) in [6.07, 6.45) is 2.94. The first-order valence-electron chi connectivity index (χ1n) is 14.2. The summed E-state index contributed by atoms with van der Waals surface area (Å²) in [6.45, 7) is 6.71. The molecule has 1 saturated heterocycles. The second kappa shape index (κ2) is 11.8. The van der Waals surface area contributed by atoms with Gasteiger partial charge >= 0.3 is 6.03 Å². The molecule has 0 saturated carbocycles. The van der Waals surface area contributed by atoms with Crippen molar-refractivity contribution >= 4 is 17.7 Å². The maximum absolute atomic E-state index is 13.6. The van der Waals surface area contributed by atoms with Crippen LogP contribution in [0.4, 0.5) is 16.4 Å². The highest BCUT2D eigenvalue weighted by molar-refractivity contribution is 5.90. The minimum atomic E-state index is -0.232. The molecule has 41 heavy (non-hydrogen) atoms. The zero-order valence-electron chi connectivity index (χ0n) is 24.0. The van der Waals surface area contributed by atoms with Gasteiger partial charge in [0.05, 0.1) is 24.0 Å². The Morgan fingerprint density at radius 3 is 2.56 bits per heavy atom. The van der Waals surface area contributed by atoms with Gasteiger partial charge in [-0.25, -0.2) is 9.48 Å². The van der Waals surface area contributed by atoms with E-state index in [-0.39, 0.29) is 18.0 Å². The average molecular weight is 555 g/mol. The summed E-state index contributed by atoms with van der Waals surface area (Å²) in [5.41, 5.74) is 5.41. The Labute approximate surface area is 240 Å². The van der Waals surface area contributed by atoms with Crippen LogP contribution in [0, 0.1) is 6.92 Å².